The Labute approximate surface area is 127 Å². The molecule has 4 nitrogen and oxygen atoms in total. The van der Waals surface area contributed by atoms with Gasteiger partial charge in [-0.25, -0.2) is 4.98 Å². The first-order valence-electron chi connectivity index (χ1n) is 6.75. The highest BCUT2D eigenvalue weighted by atomic mass is 79.9. The van der Waals surface area contributed by atoms with Crippen LogP contribution in [0, 0.1) is 0 Å². The largest absolute Gasteiger partial charge is 0.353 e. The lowest BCUT2D eigenvalue weighted by molar-refractivity contribution is 0.196. The summed E-state index contributed by atoms with van der Waals surface area (Å²) in [4.78, 5) is 9.37. The number of hydrogen-bond acceptors (Lipinski definition) is 4. The van der Waals surface area contributed by atoms with Crippen molar-refractivity contribution in [3.05, 3.63) is 21.8 Å². The van der Waals surface area contributed by atoms with Crippen LogP contribution in [0.15, 0.2) is 16.7 Å². The molecule has 6 heteroatoms. The van der Waals surface area contributed by atoms with Crippen molar-refractivity contribution in [2.24, 2.45) is 0 Å². The van der Waals surface area contributed by atoms with Gasteiger partial charge >= 0.3 is 0 Å². The van der Waals surface area contributed by atoms with Gasteiger partial charge in [-0.3, -0.25) is 4.90 Å². The summed E-state index contributed by atoms with van der Waals surface area (Å²) in [5.74, 6) is 1.01. The predicted octanol–water partition coefficient (Wildman–Crippen LogP) is 1.98. The van der Waals surface area contributed by atoms with E-state index in [-0.39, 0.29) is 0 Å². The number of nitrogens with zero attached hydrogens (tertiary/aromatic N) is 3. The number of halogens is 2. The highest BCUT2D eigenvalue weighted by molar-refractivity contribution is 9.10. The first kappa shape index (κ1) is 13.6. The average molecular weight is 346 g/mol. The monoisotopic (exact) mass is 344 g/mol. The molecule has 0 saturated carbocycles. The normalized spacial score (nSPS) is 24.9. The van der Waals surface area contributed by atoms with Crippen LogP contribution in [-0.2, 0) is 0 Å². The molecule has 0 spiro atoms. The average Bonchev–Trinajstić information content (AvgIpc) is 2.93. The zero-order valence-electron chi connectivity index (χ0n) is 10.8. The topological polar surface area (TPSA) is 31.4 Å². The molecule has 0 aliphatic carbocycles. The Morgan fingerprint density at radius 2 is 2.11 bits per heavy atom. The van der Waals surface area contributed by atoms with Crippen LogP contribution in [0.2, 0.25) is 5.02 Å². The number of pyridine rings is 1. The molecule has 19 heavy (non-hydrogen) atoms. The van der Waals surface area contributed by atoms with Gasteiger partial charge < -0.3 is 10.2 Å². The summed E-state index contributed by atoms with van der Waals surface area (Å²) < 4.78 is 0.982. The SMILES string of the molecule is Clc1cnc(N2CCN(C3CCNC3)CC2)c(Br)c1. The van der Waals surface area contributed by atoms with Gasteiger partial charge in [0.2, 0.25) is 0 Å². The molecule has 2 saturated heterocycles. The van der Waals surface area contributed by atoms with Crippen molar-refractivity contribution in [3.63, 3.8) is 0 Å². The Kier molecular flexibility index (Phi) is 4.27. The van der Waals surface area contributed by atoms with Crippen molar-refractivity contribution in [2.45, 2.75) is 12.5 Å². The molecule has 0 amide bonds. The van der Waals surface area contributed by atoms with Crippen LogP contribution in [0.3, 0.4) is 0 Å². The van der Waals surface area contributed by atoms with Gasteiger partial charge in [-0.15, -0.1) is 0 Å². The van der Waals surface area contributed by atoms with Crippen LogP contribution in [0.5, 0.6) is 0 Å². The molecular formula is C13H18BrClN4. The van der Waals surface area contributed by atoms with Crippen molar-refractivity contribution in [1.82, 2.24) is 15.2 Å². The van der Waals surface area contributed by atoms with Crippen molar-refractivity contribution in [3.8, 4) is 0 Å². The van der Waals surface area contributed by atoms with E-state index in [2.05, 4.69) is 36.0 Å². The molecule has 3 heterocycles. The Hall–Kier alpha value is -0.360. The van der Waals surface area contributed by atoms with E-state index in [1.54, 1.807) is 6.20 Å². The van der Waals surface area contributed by atoms with Gasteiger partial charge in [0, 0.05) is 45.0 Å². The zero-order valence-corrected chi connectivity index (χ0v) is 13.1. The molecule has 1 atom stereocenters. The predicted molar refractivity (Wildman–Crippen MR) is 82.0 cm³/mol. The number of hydrogen-bond donors (Lipinski definition) is 1. The first-order valence-corrected chi connectivity index (χ1v) is 7.92. The van der Waals surface area contributed by atoms with E-state index in [4.69, 9.17) is 11.6 Å². The highest BCUT2D eigenvalue weighted by Crippen LogP contribution is 2.27. The van der Waals surface area contributed by atoms with E-state index < -0.39 is 0 Å². The van der Waals surface area contributed by atoms with Crippen molar-refractivity contribution in [1.29, 1.82) is 0 Å². The number of nitrogens with one attached hydrogen (secondary N) is 1. The third kappa shape index (κ3) is 3.05. The fourth-order valence-electron chi connectivity index (χ4n) is 2.89. The highest BCUT2D eigenvalue weighted by Gasteiger charge is 2.26. The Balaban J connectivity index is 1.63. The molecule has 1 aromatic heterocycles. The number of aromatic nitrogens is 1. The lowest BCUT2D eigenvalue weighted by Crippen LogP contribution is -2.51. The number of piperazine rings is 1. The quantitative estimate of drug-likeness (QED) is 0.888. The third-order valence-corrected chi connectivity index (χ3v) is 4.74. The Morgan fingerprint density at radius 1 is 1.32 bits per heavy atom. The molecule has 0 radical (unpaired) electrons. The Morgan fingerprint density at radius 3 is 2.74 bits per heavy atom. The summed E-state index contributed by atoms with van der Waals surface area (Å²) >= 11 is 9.49. The van der Waals surface area contributed by atoms with Crippen molar-refractivity contribution < 1.29 is 0 Å². The fourth-order valence-corrected chi connectivity index (χ4v) is 3.78. The van der Waals surface area contributed by atoms with E-state index in [0.717, 1.165) is 55.6 Å². The maximum Gasteiger partial charge on any atom is 0.143 e. The summed E-state index contributed by atoms with van der Waals surface area (Å²) in [5, 5.41) is 4.11. The molecule has 2 aliphatic heterocycles. The maximum absolute atomic E-state index is 5.94. The molecular weight excluding hydrogens is 328 g/mol. The van der Waals surface area contributed by atoms with Gasteiger partial charge in [0.1, 0.15) is 5.82 Å². The lowest BCUT2D eigenvalue weighted by atomic mass is 10.2. The lowest BCUT2D eigenvalue weighted by Gasteiger charge is -2.38. The smallest absolute Gasteiger partial charge is 0.143 e. The summed E-state index contributed by atoms with van der Waals surface area (Å²) in [6.45, 7) is 6.59. The molecule has 3 rings (SSSR count). The van der Waals surface area contributed by atoms with Crippen LogP contribution < -0.4 is 10.2 Å². The first-order chi connectivity index (χ1) is 9.24. The molecule has 0 aromatic carbocycles. The third-order valence-electron chi connectivity index (χ3n) is 3.95. The minimum atomic E-state index is 0.672. The Bertz CT molecular complexity index is 442. The van der Waals surface area contributed by atoms with Gasteiger partial charge in [-0.1, -0.05) is 11.6 Å². The van der Waals surface area contributed by atoms with Crippen LogP contribution in [0.4, 0.5) is 5.82 Å². The van der Waals surface area contributed by atoms with E-state index in [9.17, 15) is 0 Å². The van der Waals surface area contributed by atoms with Crippen LogP contribution in [-0.4, -0.2) is 55.2 Å². The summed E-state index contributed by atoms with van der Waals surface area (Å²) in [7, 11) is 0. The second-order valence-corrected chi connectivity index (χ2v) is 6.42. The molecule has 2 fully saturated rings. The molecule has 1 N–H and O–H groups in total. The van der Waals surface area contributed by atoms with E-state index in [0.29, 0.717) is 5.02 Å². The van der Waals surface area contributed by atoms with E-state index in [1.165, 1.54) is 6.42 Å². The van der Waals surface area contributed by atoms with Crippen molar-refractivity contribution >= 4 is 33.3 Å². The number of rotatable bonds is 2. The van der Waals surface area contributed by atoms with Crippen LogP contribution in [0.1, 0.15) is 6.42 Å². The van der Waals surface area contributed by atoms with Crippen molar-refractivity contribution in [2.75, 3.05) is 44.2 Å². The maximum atomic E-state index is 5.94. The molecule has 0 bridgehead atoms. The minimum Gasteiger partial charge on any atom is -0.353 e. The molecule has 104 valence electrons. The summed E-state index contributed by atoms with van der Waals surface area (Å²) in [5.41, 5.74) is 0. The molecule has 1 unspecified atom stereocenters. The van der Waals surface area contributed by atoms with Gasteiger partial charge in [0.05, 0.1) is 9.50 Å². The molecule has 2 aliphatic rings. The fraction of sp³-hybridized carbons (Fsp3) is 0.615. The van der Waals surface area contributed by atoms with Gasteiger partial charge in [0.25, 0.3) is 0 Å². The van der Waals surface area contributed by atoms with Crippen LogP contribution >= 0.6 is 27.5 Å². The van der Waals surface area contributed by atoms with Gasteiger partial charge in [-0.2, -0.15) is 0 Å². The molecule has 1 aromatic rings. The van der Waals surface area contributed by atoms with E-state index in [1.807, 2.05) is 6.07 Å². The zero-order chi connectivity index (χ0) is 13.2. The van der Waals surface area contributed by atoms with Gasteiger partial charge in [0.15, 0.2) is 0 Å². The standard InChI is InChI=1S/C13H18BrClN4/c14-12-7-10(15)8-17-13(12)19-5-3-18(4-6-19)11-1-2-16-9-11/h7-8,11,16H,1-6,9H2. The number of anilines is 1. The summed E-state index contributed by atoms with van der Waals surface area (Å²) in [6.07, 6.45) is 3.00. The second kappa shape index (κ2) is 5.95. The van der Waals surface area contributed by atoms with Gasteiger partial charge in [-0.05, 0) is 35.0 Å². The second-order valence-electron chi connectivity index (χ2n) is 5.13. The summed E-state index contributed by atoms with van der Waals surface area (Å²) in [6, 6.07) is 2.64. The van der Waals surface area contributed by atoms with Crippen LogP contribution in [0.25, 0.3) is 0 Å². The minimum absolute atomic E-state index is 0.672. The van der Waals surface area contributed by atoms with E-state index >= 15 is 0 Å².